The van der Waals surface area contributed by atoms with Crippen molar-refractivity contribution in [1.29, 1.82) is 0 Å². The van der Waals surface area contributed by atoms with E-state index in [0.29, 0.717) is 31.4 Å². The number of hydrogen-bond acceptors (Lipinski definition) is 13. The molecule has 0 saturated carbocycles. The molecule has 0 aliphatic heterocycles. The summed E-state index contributed by atoms with van der Waals surface area (Å²) >= 11 is 0. The van der Waals surface area contributed by atoms with Crippen molar-refractivity contribution in [2.75, 3.05) is 0 Å². The Balaban J connectivity index is 2.06. The van der Waals surface area contributed by atoms with Gasteiger partial charge in [0.1, 0.15) is 29.4 Å². The van der Waals surface area contributed by atoms with E-state index in [4.69, 9.17) is 26.7 Å². The van der Waals surface area contributed by atoms with Gasteiger partial charge in [-0.1, -0.05) is 149 Å². The number of nitrogens with two attached hydrogens (primary N) is 3. The normalized spacial score (nSPS) is 15.2. The van der Waals surface area contributed by atoms with Crippen molar-refractivity contribution in [2.45, 2.75) is 155 Å². The highest BCUT2D eigenvalue weighted by Gasteiger charge is 2.52. The first-order valence-electron chi connectivity index (χ1n) is 24.5. The molecular formula is C56H76N6O10. The van der Waals surface area contributed by atoms with E-state index in [1.165, 1.54) is 0 Å². The molecule has 0 aliphatic carbocycles. The zero-order chi connectivity index (χ0) is 53.7. The third kappa shape index (κ3) is 16.4. The van der Waals surface area contributed by atoms with Crippen LogP contribution >= 0.6 is 0 Å². The second-order valence-electron chi connectivity index (χ2n) is 21.0. The Morgan fingerprint density at radius 2 is 0.736 bits per heavy atom. The van der Waals surface area contributed by atoms with Gasteiger partial charge in [-0.3, -0.25) is 24.1 Å². The van der Waals surface area contributed by atoms with Crippen LogP contribution in [0.5, 0.6) is 0 Å². The number of imide groups is 3. The summed E-state index contributed by atoms with van der Waals surface area (Å²) < 4.78 is 11.6. The van der Waals surface area contributed by atoms with Gasteiger partial charge in [-0.25, -0.2) is 19.4 Å². The molecule has 0 spiro atoms. The van der Waals surface area contributed by atoms with Crippen molar-refractivity contribution in [2.24, 2.45) is 29.0 Å². The number of amides is 6. The van der Waals surface area contributed by atoms with Gasteiger partial charge in [0.2, 0.25) is 11.8 Å². The van der Waals surface area contributed by atoms with Gasteiger partial charge in [0, 0.05) is 6.04 Å². The molecule has 16 heteroatoms. The van der Waals surface area contributed by atoms with E-state index in [1.807, 2.05) is 0 Å². The van der Waals surface area contributed by atoms with Gasteiger partial charge in [0.15, 0.2) is 0 Å². The highest BCUT2D eigenvalue weighted by molar-refractivity contribution is 6.08. The lowest BCUT2D eigenvalue weighted by Crippen LogP contribution is -2.68. The number of aliphatic hydroxyl groups excluding tert-OH is 2. The SMILES string of the molecule is CC(C)[C@@H](C(=O)N(C(=O)[C@H](C(C)C)N(C(=O)OC(C)(C)C)C(=O)[C@@H](N)Cc1ccccc1)[C@@H](Cc1ccccc1)[C@H](O)[C@H](O)[C@@H](N)Cc1ccccc1)N(C(=O)OC(C)(C)C)C(=O)[C@@H](N)Cc1ccccc1. The Kier molecular flexibility index (Phi) is 21.0. The first-order valence-corrected chi connectivity index (χ1v) is 24.5. The van der Waals surface area contributed by atoms with Crippen molar-refractivity contribution in [3.8, 4) is 0 Å². The molecule has 0 aliphatic rings. The lowest BCUT2D eigenvalue weighted by molar-refractivity contribution is -0.166. The van der Waals surface area contributed by atoms with E-state index >= 15 is 9.59 Å². The Bertz CT molecular complexity index is 2280. The van der Waals surface area contributed by atoms with Gasteiger partial charge in [-0.15, -0.1) is 0 Å². The highest BCUT2D eigenvalue weighted by atomic mass is 16.6. The van der Waals surface area contributed by atoms with Crippen LogP contribution in [0.15, 0.2) is 121 Å². The maximum Gasteiger partial charge on any atom is 0.417 e. The zero-order valence-electron chi connectivity index (χ0n) is 43.4. The van der Waals surface area contributed by atoms with Gasteiger partial charge < -0.3 is 36.9 Å². The van der Waals surface area contributed by atoms with E-state index in [9.17, 15) is 29.4 Å². The van der Waals surface area contributed by atoms with Crippen LogP contribution in [-0.2, 0) is 54.3 Å². The van der Waals surface area contributed by atoms with Gasteiger partial charge in [-0.2, -0.15) is 0 Å². The number of carbonyl (C=O) groups is 6. The molecule has 0 unspecified atom stereocenters. The molecule has 0 fully saturated rings. The van der Waals surface area contributed by atoms with Crippen LogP contribution in [0.2, 0.25) is 0 Å². The molecule has 0 saturated heterocycles. The fraction of sp³-hybridized carbons (Fsp3) is 0.464. The molecule has 4 aromatic rings. The summed E-state index contributed by atoms with van der Waals surface area (Å²) in [6.07, 6.45) is -6.76. The highest BCUT2D eigenvalue weighted by Crippen LogP contribution is 2.29. The quantitative estimate of drug-likeness (QED) is 0.0687. The number of nitrogens with zero attached hydrogens (tertiary/aromatic N) is 3. The summed E-state index contributed by atoms with van der Waals surface area (Å²) in [6, 6.07) is 25.5. The topological polar surface area (TPSA) is 249 Å². The van der Waals surface area contributed by atoms with Crippen molar-refractivity contribution in [1.82, 2.24) is 14.7 Å². The molecular weight excluding hydrogens is 917 g/mol. The van der Waals surface area contributed by atoms with Crippen LogP contribution < -0.4 is 17.2 Å². The largest absolute Gasteiger partial charge is 0.443 e. The molecule has 6 amide bonds. The van der Waals surface area contributed by atoms with Crippen LogP contribution in [0, 0.1) is 11.8 Å². The van der Waals surface area contributed by atoms with Gasteiger partial charge in [0.05, 0.1) is 24.2 Å². The Labute approximate surface area is 424 Å². The predicted molar refractivity (Wildman–Crippen MR) is 276 cm³/mol. The van der Waals surface area contributed by atoms with Crippen LogP contribution in [0.25, 0.3) is 0 Å². The molecule has 0 heterocycles. The average Bonchev–Trinajstić information content (AvgIpc) is 3.30. The van der Waals surface area contributed by atoms with Crippen LogP contribution in [0.4, 0.5) is 9.59 Å². The minimum atomic E-state index is -2.03. The number of ether oxygens (including phenoxy) is 2. The summed E-state index contributed by atoms with van der Waals surface area (Å²) in [5, 5.41) is 24.8. The molecule has 0 radical (unpaired) electrons. The lowest BCUT2D eigenvalue weighted by atomic mass is 9.88. The van der Waals surface area contributed by atoms with E-state index in [1.54, 1.807) is 191 Å². The minimum Gasteiger partial charge on any atom is -0.443 e. The standard InChI is InChI=1S/C56H76N6O10/c1-35(2)45(61(53(69)71-55(5,6)7)49(65)42(58)32-38-25-17-12-18-26-38)51(67)60(44(34-40-29-21-14-22-30-40)48(64)47(63)41(57)31-37-23-15-11-16-24-37)52(68)46(36(3)4)62(54(70)72-56(8,9)10)50(66)43(59)33-39-27-19-13-20-28-39/h11-30,35-36,41-48,63-64H,31-34,57-59H2,1-10H3/t41-,42-,43-,44-,45-,46-,47+,48-/m0/s1. The first-order chi connectivity index (χ1) is 33.7. The first kappa shape index (κ1) is 58.3. The average molecular weight is 993 g/mol. The molecule has 4 aromatic carbocycles. The van der Waals surface area contributed by atoms with Crippen LogP contribution in [0.3, 0.4) is 0 Å². The number of hydrogen-bond donors (Lipinski definition) is 5. The maximum atomic E-state index is 16.2. The number of benzene rings is 4. The second-order valence-corrected chi connectivity index (χ2v) is 21.0. The fourth-order valence-electron chi connectivity index (χ4n) is 8.39. The van der Waals surface area contributed by atoms with Gasteiger partial charge in [-0.05, 0) is 101 Å². The summed E-state index contributed by atoms with van der Waals surface area (Å²) in [7, 11) is 0. The number of rotatable bonds is 20. The minimum absolute atomic E-state index is 0.0582. The smallest absolute Gasteiger partial charge is 0.417 e. The zero-order valence-corrected chi connectivity index (χ0v) is 43.4. The lowest BCUT2D eigenvalue weighted by Gasteiger charge is -2.44. The maximum absolute atomic E-state index is 16.2. The third-order valence-corrected chi connectivity index (χ3v) is 11.8. The van der Waals surface area contributed by atoms with Gasteiger partial charge in [0.25, 0.3) is 11.8 Å². The third-order valence-electron chi connectivity index (χ3n) is 11.8. The van der Waals surface area contributed by atoms with Crippen LogP contribution in [-0.4, -0.2) is 120 Å². The number of aliphatic hydroxyl groups is 2. The Hall–Kier alpha value is -6.30. The second kappa shape index (κ2) is 25.9. The van der Waals surface area contributed by atoms with E-state index < -0.39 is 107 Å². The number of carbonyl (C=O) groups excluding carboxylic acids is 6. The molecule has 0 bridgehead atoms. The predicted octanol–water partition coefficient (Wildman–Crippen LogP) is 5.96. The summed E-state index contributed by atoms with van der Waals surface area (Å²) in [5.74, 6) is -6.46. The van der Waals surface area contributed by atoms with Crippen molar-refractivity contribution in [3.63, 3.8) is 0 Å². The summed E-state index contributed by atoms with van der Waals surface area (Å²) in [5.41, 5.74) is 20.0. The summed E-state index contributed by atoms with van der Waals surface area (Å²) in [4.78, 5) is 93.3. The fourth-order valence-corrected chi connectivity index (χ4v) is 8.39. The molecule has 8 atom stereocenters. The molecule has 16 nitrogen and oxygen atoms in total. The monoisotopic (exact) mass is 993 g/mol. The Morgan fingerprint density at radius 3 is 1.03 bits per heavy atom. The molecule has 390 valence electrons. The van der Waals surface area contributed by atoms with E-state index in [2.05, 4.69) is 0 Å². The molecule has 72 heavy (non-hydrogen) atoms. The summed E-state index contributed by atoms with van der Waals surface area (Å²) in [6.45, 7) is 15.6. The van der Waals surface area contributed by atoms with Crippen molar-refractivity contribution < 1.29 is 48.5 Å². The van der Waals surface area contributed by atoms with Gasteiger partial charge >= 0.3 is 12.2 Å². The molecule has 4 rings (SSSR count). The molecule has 0 aromatic heterocycles. The van der Waals surface area contributed by atoms with Crippen LogP contribution in [0.1, 0.15) is 91.5 Å². The van der Waals surface area contributed by atoms with E-state index in [-0.39, 0.29) is 25.7 Å². The molecule has 8 N–H and O–H groups in total. The Morgan fingerprint density at radius 1 is 0.444 bits per heavy atom. The van der Waals surface area contributed by atoms with Crippen molar-refractivity contribution in [3.05, 3.63) is 144 Å². The van der Waals surface area contributed by atoms with Crippen molar-refractivity contribution >= 4 is 35.8 Å². The van der Waals surface area contributed by atoms with E-state index in [0.717, 1.165) is 5.56 Å².